The van der Waals surface area contributed by atoms with Gasteiger partial charge in [-0.05, 0) is 48.5 Å². The number of carbonyl (C=O) groups excluding carboxylic acids is 1. The highest BCUT2D eigenvalue weighted by Crippen LogP contribution is 2.29. The van der Waals surface area contributed by atoms with Crippen LogP contribution in [-0.4, -0.2) is 56.3 Å². The lowest BCUT2D eigenvalue weighted by Crippen LogP contribution is -2.44. The summed E-state index contributed by atoms with van der Waals surface area (Å²) >= 11 is 0. The minimum Gasteiger partial charge on any atom is -0.504 e. The number of benzene rings is 2. The number of rotatable bonds is 5. The summed E-state index contributed by atoms with van der Waals surface area (Å²) in [6.07, 6.45) is 1.69. The number of nitrogens with two attached hydrogens (primary N) is 1. The van der Waals surface area contributed by atoms with Crippen LogP contribution in [-0.2, 0) is 4.79 Å². The maximum absolute atomic E-state index is 12.1. The zero-order valence-corrected chi connectivity index (χ0v) is 15.7. The molecule has 0 unspecified atom stereocenters. The van der Waals surface area contributed by atoms with Crippen molar-refractivity contribution in [1.29, 1.82) is 0 Å². The van der Waals surface area contributed by atoms with Crippen LogP contribution in [0.3, 0.4) is 0 Å². The molecule has 0 radical (unpaired) electrons. The largest absolute Gasteiger partial charge is 0.504 e. The number of hydrogen-bond acceptors (Lipinski definition) is 5. The lowest BCUT2D eigenvalue weighted by Gasteiger charge is -2.34. The highest BCUT2D eigenvalue weighted by atomic mass is 16.5. The highest BCUT2D eigenvalue weighted by Gasteiger charge is 2.16. The summed E-state index contributed by atoms with van der Waals surface area (Å²) in [5, 5.41) is 9.97. The molecule has 6 nitrogen and oxygen atoms in total. The molecule has 1 saturated heterocycles. The molecular formula is C21H25N3O3. The van der Waals surface area contributed by atoms with Crippen LogP contribution in [0.2, 0.25) is 0 Å². The number of carbonyl (C=O) groups is 1. The van der Waals surface area contributed by atoms with Crippen molar-refractivity contribution in [3.8, 4) is 11.5 Å². The number of phenols is 1. The van der Waals surface area contributed by atoms with Crippen LogP contribution in [0.4, 0.5) is 5.69 Å². The molecule has 0 aromatic heterocycles. The second-order valence-electron chi connectivity index (χ2n) is 6.69. The van der Waals surface area contributed by atoms with Gasteiger partial charge >= 0.3 is 0 Å². The Hall–Kier alpha value is -2.99. The minimum atomic E-state index is -0.513. The fraction of sp³-hybridized carbons (Fsp3) is 0.286. The summed E-state index contributed by atoms with van der Waals surface area (Å²) in [6, 6.07) is 12.8. The first kappa shape index (κ1) is 18.8. The van der Waals surface area contributed by atoms with Crippen molar-refractivity contribution in [3.63, 3.8) is 0 Å². The third-order valence-electron chi connectivity index (χ3n) is 4.80. The Labute approximate surface area is 159 Å². The van der Waals surface area contributed by atoms with E-state index in [1.807, 2.05) is 24.3 Å². The van der Waals surface area contributed by atoms with Crippen molar-refractivity contribution >= 4 is 23.2 Å². The van der Waals surface area contributed by atoms with Gasteiger partial charge < -0.3 is 25.4 Å². The molecule has 2 aromatic rings. The van der Waals surface area contributed by atoms with Crippen LogP contribution < -0.4 is 15.4 Å². The summed E-state index contributed by atoms with van der Waals surface area (Å²) in [7, 11) is 3.61. The number of ether oxygens (including phenoxy) is 1. The Kier molecular flexibility index (Phi) is 5.66. The number of hydrogen-bond donors (Lipinski definition) is 2. The van der Waals surface area contributed by atoms with E-state index in [0.717, 1.165) is 37.4 Å². The first-order chi connectivity index (χ1) is 13.0. The zero-order valence-electron chi connectivity index (χ0n) is 15.7. The van der Waals surface area contributed by atoms with Gasteiger partial charge in [-0.25, -0.2) is 0 Å². The van der Waals surface area contributed by atoms with Gasteiger partial charge in [0.15, 0.2) is 11.5 Å². The van der Waals surface area contributed by atoms with Gasteiger partial charge in [-0.15, -0.1) is 0 Å². The van der Waals surface area contributed by atoms with Crippen LogP contribution in [0.25, 0.3) is 11.6 Å². The SMILES string of the molecule is COc1ccc(/C=C(/C(N)=O)c2cccc(N3CCN(C)CC3)c2)cc1O. The number of piperazine rings is 1. The molecular weight excluding hydrogens is 342 g/mol. The first-order valence-electron chi connectivity index (χ1n) is 8.90. The fourth-order valence-electron chi connectivity index (χ4n) is 3.19. The average Bonchev–Trinajstić information content (AvgIpc) is 2.66. The molecule has 1 fully saturated rings. The highest BCUT2D eigenvalue weighted by molar-refractivity contribution is 6.23. The predicted octanol–water partition coefficient (Wildman–Crippen LogP) is 2.18. The Balaban J connectivity index is 1.92. The number of methoxy groups -OCH3 is 1. The molecule has 3 rings (SSSR count). The van der Waals surface area contributed by atoms with Crippen LogP contribution in [0.1, 0.15) is 11.1 Å². The molecule has 1 aliphatic heterocycles. The maximum atomic E-state index is 12.1. The lowest BCUT2D eigenvalue weighted by molar-refractivity contribution is -0.112. The van der Waals surface area contributed by atoms with E-state index in [-0.39, 0.29) is 5.75 Å². The van der Waals surface area contributed by atoms with Crippen molar-refractivity contribution < 1.29 is 14.6 Å². The molecule has 1 aliphatic rings. The summed E-state index contributed by atoms with van der Waals surface area (Å²) in [5.74, 6) is -0.119. The predicted molar refractivity (Wildman–Crippen MR) is 108 cm³/mol. The van der Waals surface area contributed by atoms with Crippen LogP contribution in [0.15, 0.2) is 42.5 Å². The molecule has 1 heterocycles. The molecule has 27 heavy (non-hydrogen) atoms. The van der Waals surface area contributed by atoms with Crippen molar-refractivity contribution in [2.24, 2.45) is 5.73 Å². The average molecular weight is 367 g/mol. The van der Waals surface area contributed by atoms with E-state index < -0.39 is 5.91 Å². The monoisotopic (exact) mass is 367 g/mol. The van der Waals surface area contributed by atoms with E-state index in [2.05, 4.69) is 16.8 Å². The standard InChI is InChI=1S/C21H25N3O3/c1-23-8-10-24(11-9-23)17-5-3-4-16(14-17)18(21(22)26)12-15-6-7-20(27-2)19(25)13-15/h3-7,12-14,25H,8-11H2,1-2H3,(H2,22,26)/b18-12+. The second-order valence-corrected chi connectivity index (χ2v) is 6.69. The van der Waals surface area contributed by atoms with Crippen molar-refractivity contribution in [2.75, 3.05) is 45.2 Å². The van der Waals surface area contributed by atoms with Gasteiger partial charge in [-0.3, -0.25) is 4.79 Å². The summed E-state index contributed by atoms with van der Waals surface area (Å²) in [4.78, 5) is 16.7. The van der Waals surface area contributed by atoms with Gasteiger partial charge in [0.05, 0.1) is 7.11 Å². The Morgan fingerprint density at radius 1 is 1.15 bits per heavy atom. The molecule has 3 N–H and O–H groups in total. The molecule has 0 spiro atoms. The van der Waals surface area contributed by atoms with Gasteiger partial charge in [0.1, 0.15) is 0 Å². The minimum absolute atomic E-state index is 0.0151. The molecule has 0 saturated carbocycles. The Bertz CT molecular complexity index is 856. The van der Waals surface area contributed by atoms with Gasteiger partial charge in [0.2, 0.25) is 5.91 Å². The lowest BCUT2D eigenvalue weighted by atomic mass is 10.0. The van der Waals surface area contributed by atoms with E-state index in [0.29, 0.717) is 16.9 Å². The van der Waals surface area contributed by atoms with Gasteiger partial charge in [0.25, 0.3) is 0 Å². The van der Waals surface area contributed by atoms with Crippen LogP contribution in [0.5, 0.6) is 11.5 Å². The van der Waals surface area contributed by atoms with E-state index in [4.69, 9.17) is 10.5 Å². The number of primary amides is 1. The third kappa shape index (κ3) is 4.41. The maximum Gasteiger partial charge on any atom is 0.249 e. The molecule has 0 atom stereocenters. The second kappa shape index (κ2) is 8.14. The summed E-state index contributed by atoms with van der Waals surface area (Å²) in [5.41, 5.74) is 8.55. The smallest absolute Gasteiger partial charge is 0.249 e. The Morgan fingerprint density at radius 2 is 1.89 bits per heavy atom. The first-order valence-corrected chi connectivity index (χ1v) is 8.90. The van der Waals surface area contributed by atoms with E-state index in [9.17, 15) is 9.90 Å². The third-order valence-corrected chi connectivity index (χ3v) is 4.80. The van der Waals surface area contributed by atoms with Crippen molar-refractivity contribution in [2.45, 2.75) is 0 Å². The van der Waals surface area contributed by atoms with E-state index in [1.165, 1.54) is 7.11 Å². The topological polar surface area (TPSA) is 79.0 Å². The molecule has 1 amide bonds. The van der Waals surface area contributed by atoms with Gasteiger partial charge in [-0.2, -0.15) is 0 Å². The number of nitrogens with zero attached hydrogens (tertiary/aromatic N) is 2. The molecule has 142 valence electrons. The van der Waals surface area contributed by atoms with Crippen molar-refractivity contribution in [1.82, 2.24) is 4.90 Å². The number of anilines is 1. The van der Waals surface area contributed by atoms with E-state index >= 15 is 0 Å². The van der Waals surface area contributed by atoms with Gasteiger partial charge in [-0.1, -0.05) is 18.2 Å². The number of amides is 1. The molecule has 0 aliphatic carbocycles. The fourth-order valence-corrected chi connectivity index (χ4v) is 3.19. The number of likely N-dealkylation sites (N-methyl/N-ethyl adjacent to an activating group) is 1. The van der Waals surface area contributed by atoms with Crippen LogP contribution in [0, 0.1) is 0 Å². The zero-order chi connectivity index (χ0) is 19.4. The molecule has 6 heteroatoms. The molecule has 2 aromatic carbocycles. The van der Waals surface area contributed by atoms with Gasteiger partial charge in [0, 0.05) is 37.4 Å². The quantitative estimate of drug-likeness (QED) is 0.626. The van der Waals surface area contributed by atoms with E-state index in [1.54, 1.807) is 24.3 Å². The Morgan fingerprint density at radius 3 is 2.52 bits per heavy atom. The summed E-state index contributed by atoms with van der Waals surface area (Å²) < 4.78 is 5.06. The van der Waals surface area contributed by atoms with Crippen molar-refractivity contribution in [3.05, 3.63) is 53.6 Å². The summed E-state index contributed by atoms with van der Waals surface area (Å²) in [6.45, 7) is 3.91. The number of phenolic OH excluding ortho intramolecular Hbond substituents is 1. The number of aromatic hydroxyl groups is 1. The van der Waals surface area contributed by atoms with Crippen LogP contribution >= 0.6 is 0 Å². The normalized spacial score (nSPS) is 15.6. The molecule has 0 bridgehead atoms.